The number of carbonyl (C=O) groups is 2. The van der Waals surface area contributed by atoms with E-state index in [0.29, 0.717) is 19.3 Å². The van der Waals surface area contributed by atoms with Gasteiger partial charge in [-0.15, -0.1) is 0 Å². The van der Waals surface area contributed by atoms with Gasteiger partial charge in [0.2, 0.25) is 0 Å². The zero-order chi connectivity index (χ0) is 15.7. The van der Waals surface area contributed by atoms with Crippen LogP contribution in [-0.2, 0) is 16.0 Å². The Balaban J connectivity index is 1.75. The number of rotatable bonds is 6. The molecule has 3 atom stereocenters. The molecule has 0 aromatic heterocycles. The monoisotopic (exact) mass is 298 g/mol. The van der Waals surface area contributed by atoms with Gasteiger partial charge < -0.3 is 10.2 Å². The maximum atomic E-state index is 11.4. The van der Waals surface area contributed by atoms with Crippen molar-refractivity contribution in [1.82, 2.24) is 0 Å². The van der Waals surface area contributed by atoms with Gasteiger partial charge in [-0.1, -0.05) is 42.5 Å². The van der Waals surface area contributed by atoms with Gasteiger partial charge in [-0.2, -0.15) is 0 Å². The lowest BCUT2D eigenvalue weighted by molar-refractivity contribution is -0.143. The molecule has 0 aliphatic heterocycles. The van der Waals surface area contributed by atoms with Crippen LogP contribution >= 0.6 is 0 Å². The first kappa shape index (κ1) is 14.6. The second kappa shape index (κ2) is 5.79. The van der Waals surface area contributed by atoms with Crippen LogP contribution < -0.4 is 0 Å². The van der Waals surface area contributed by atoms with Gasteiger partial charge in [0.1, 0.15) is 0 Å². The third-order valence-electron chi connectivity index (χ3n) is 4.60. The fraction of sp³-hybridized carbons (Fsp3) is 0.333. The van der Waals surface area contributed by atoms with E-state index < -0.39 is 23.8 Å². The average molecular weight is 298 g/mol. The Bertz CT molecular complexity index is 717. The average Bonchev–Trinajstić information content (AvgIpc) is 3.28. The highest BCUT2D eigenvalue weighted by molar-refractivity contribution is 5.85. The molecule has 0 saturated heterocycles. The van der Waals surface area contributed by atoms with Crippen LogP contribution in [0.2, 0.25) is 0 Å². The van der Waals surface area contributed by atoms with Crippen LogP contribution in [0.3, 0.4) is 0 Å². The van der Waals surface area contributed by atoms with Gasteiger partial charge in [-0.25, -0.2) is 0 Å². The topological polar surface area (TPSA) is 74.6 Å². The molecule has 2 N–H and O–H groups in total. The number of hydrogen-bond acceptors (Lipinski definition) is 2. The van der Waals surface area contributed by atoms with Crippen molar-refractivity contribution in [2.24, 2.45) is 17.8 Å². The minimum atomic E-state index is -0.881. The fourth-order valence-corrected chi connectivity index (χ4v) is 3.29. The highest BCUT2D eigenvalue weighted by Gasteiger charge is 2.50. The van der Waals surface area contributed by atoms with E-state index in [0.717, 1.165) is 16.3 Å². The zero-order valence-corrected chi connectivity index (χ0v) is 12.1. The second-order valence-corrected chi connectivity index (χ2v) is 5.97. The van der Waals surface area contributed by atoms with Gasteiger partial charge in [0.05, 0.1) is 11.8 Å². The van der Waals surface area contributed by atoms with Crippen molar-refractivity contribution >= 4 is 22.7 Å². The lowest BCUT2D eigenvalue weighted by Crippen LogP contribution is -2.19. The highest BCUT2D eigenvalue weighted by Crippen LogP contribution is 2.46. The summed E-state index contributed by atoms with van der Waals surface area (Å²) >= 11 is 0. The number of hydrogen-bond donors (Lipinski definition) is 2. The largest absolute Gasteiger partial charge is 0.481 e. The van der Waals surface area contributed by atoms with Crippen LogP contribution in [0.15, 0.2) is 42.5 Å². The molecule has 22 heavy (non-hydrogen) atoms. The Labute approximate surface area is 128 Å². The smallest absolute Gasteiger partial charge is 0.306 e. The number of aryl methyl sites for hydroxylation is 1. The van der Waals surface area contributed by atoms with Crippen molar-refractivity contribution in [3.63, 3.8) is 0 Å². The van der Waals surface area contributed by atoms with Gasteiger partial charge in [0.25, 0.3) is 0 Å². The second-order valence-electron chi connectivity index (χ2n) is 5.97. The molecule has 0 spiro atoms. The van der Waals surface area contributed by atoms with Crippen molar-refractivity contribution in [3.05, 3.63) is 48.0 Å². The molecule has 4 heteroatoms. The quantitative estimate of drug-likeness (QED) is 0.859. The molecule has 3 unspecified atom stereocenters. The summed E-state index contributed by atoms with van der Waals surface area (Å²) in [5.41, 5.74) is 1.12. The molecule has 0 radical (unpaired) electrons. The number of carboxylic acid groups (broad SMARTS) is 2. The molecule has 1 aliphatic carbocycles. The number of aliphatic carboxylic acids is 2. The molecule has 114 valence electrons. The summed E-state index contributed by atoms with van der Waals surface area (Å²) in [5.74, 6) is -3.02. The number of carboxylic acids is 2. The SMILES string of the molecule is O=C(O)C(CCc1cccc2ccccc12)C1CC1C(=O)O. The predicted octanol–water partition coefficient (Wildman–Crippen LogP) is 3.19. The Hall–Kier alpha value is -2.36. The molecule has 3 rings (SSSR count). The minimum Gasteiger partial charge on any atom is -0.481 e. The fourth-order valence-electron chi connectivity index (χ4n) is 3.29. The van der Waals surface area contributed by atoms with E-state index in [9.17, 15) is 14.7 Å². The summed E-state index contributed by atoms with van der Waals surface area (Å²) < 4.78 is 0. The van der Waals surface area contributed by atoms with Gasteiger partial charge in [0.15, 0.2) is 0 Å². The summed E-state index contributed by atoms with van der Waals surface area (Å²) in [6.07, 6.45) is 1.63. The Morgan fingerprint density at radius 1 is 1.09 bits per heavy atom. The van der Waals surface area contributed by atoms with E-state index in [-0.39, 0.29) is 5.92 Å². The van der Waals surface area contributed by atoms with Crippen molar-refractivity contribution in [3.8, 4) is 0 Å². The van der Waals surface area contributed by atoms with Crippen LogP contribution in [0.1, 0.15) is 18.4 Å². The summed E-state index contributed by atoms with van der Waals surface area (Å²) in [4.78, 5) is 22.4. The molecule has 2 aromatic carbocycles. The molecular formula is C18H18O4. The number of fused-ring (bicyclic) bond motifs is 1. The lowest BCUT2D eigenvalue weighted by Gasteiger charge is -2.13. The molecule has 1 saturated carbocycles. The minimum absolute atomic E-state index is 0.218. The van der Waals surface area contributed by atoms with Crippen molar-refractivity contribution in [1.29, 1.82) is 0 Å². The van der Waals surface area contributed by atoms with Crippen LogP contribution in [0, 0.1) is 17.8 Å². The molecule has 0 bridgehead atoms. The number of benzene rings is 2. The van der Waals surface area contributed by atoms with Gasteiger partial charge in [0, 0.05) is 0 Å². The Kier molecular flexibility index (Phi) is 3.84. The van der Waals surface area contributed by atoms with Crippen molar-refractivity contribution < 1.29 is 19.8 Å². The lowest BCUT2D eigenvalue weighted by atomic mass is 9.92. The first-order valence-corrected chi connectivity index (χ1v) is 7.50. The molecule has 0 amide bonds. The molecule has 0 heterocycles. The Morgan fingerprint density at radius 3 is 2.50 bits per heavy atom. The third kappa shape index (κ3) is 2.82. The zero-order valence-electron chi connectivity index (χ0n) is 12.1. The predicted molar refractivity (Wildman–Crippen MR) is 82.6 cm³/mol. The van der Waals surface area contributed by atoms with Crippen molar-refractivity contribution in [2.45, 2.75) is 19.3 Å². The molecule has 2 aromatic rings. The molecular weight excluding hydrogens is 280 g/mol. The summed E-state index contributed by atoms with van der Waals surface area (Å²) in [6.45, 7) is 0. The Morgan fingerprint density at radius 2 is 1.82 bits per heavy atom. The van der Waals surface area contributed by atoms with Crippen molar-refractivity contribution in [2.75, 3.05) is 0 Å². The first-order chi connectivity index (χ1) is 10.6. The van der Waals surface area contributed by atoms with Crippen LogP contribution in [0.4, 0.5) is 0 Å². The maximum Gasteiger partial charge on any atom is 0.306 e. The maximum absolute atomic E-state index is 11.4. The van der Waals surface area contributed by atoms with Gasteiger partial charge >= 0.3 is 11.9 Å². The summed E-state index contributed by atoms with van der Waals surface area (Å²) in [7, 11) is 0. The van der Waals surface area contributed by atoms with E-state index in [1.165, 1.54) is 0 Å². The van der Waals surface area contributed by atoms with E-state index >= 15 is 0 Å². The highest BCUT2D eigenvalue weighted by atomic mass is 16.4. The van der Waals surface area contributed by atoms with E-state index in [2.05, 4.69) is 0 Å². The van der Waals surface area contributed by atoms with E-state index in [1.54, 1.807) is 0 Å². The van der Waals surface area contributed by atoms with E-state index in [1.807, 2.05) is 42.5 Å². The standard InChI is InChI=1S/C18H18O4/c19-17(20)14(15-10-16(15)18(21)22)9-8-12-6-3-5-11-4-1-2-7-13(11)12/h1-7,14-16H,8-10H2,(H,19,20)(H,21,22). The molecule has 4 nitrogen and oxygen atoms in total. The molecule has 1 aliphatic rings. The van der Waals surface area contributed by atoms with Crippen LogP contribution in [-0.4, -0.2) is 22.2 Å². The van der Waals surface area contributed by atoms with E-state index in [4.69, 9.17) is 5.11 Å². The summed E-state index contributed by atoms with van der Waals surface area (Å²) in [5, 5.41) is 20.6. The van der Waals surface area contributed by atoms with Gasteiger partial charge in [-0.05, 0) is 41.5 Å². The summed E-state index contributed by atoms with van der Waals surface area (Å²) in [6, 6.07) is 14.1. The van der Waals surface area contributed by atoms with Gasteiger partial charge in [-0.3, -0.25) is 9.59 Å². The first-order valence-electron chi connectivity index (χ1n) is 7.50. The molecule has 1 fully saturated rings. The normalized spacial score (nSPS) is 21.5. The van der Waals surface area contributed by atoms with Crippen LogP contribution in [0.5, 0.6) is 0 Å². The van der Waals surface area contributed by atoms with Crippen LogP contribution in [0.25, 0.3) is 10.8 Å². The third-order valence-corrected chi connectivity index (χ3v) is 4.60.